The number of rotatable bonds is 7. The Morgan fingerprint density at radius 1 is 1.16 bits per heavy atom. The fourth-order valence-corrected chi connectivity index (χ4v) is 3.43. The molecule has 0 aliphatic rings. The molecule has 2 aromatic rings. The first-order valence-electron chi connectivity index (χ1n) is 8.84. The molecule has 0 N–H and O–H groups in total. The third kappa shape index (κ3) is 3.98. The van der Waals surface area contributed by atoms with Crippen LogP contribution in [0.5, 0.6) is 0 Å². The Hall–Kier alpha value is -2.00. The van der Waals surface area contributed by atoms with Crippen molar-refractivity contribution in [1.82, 2.24) is 4.90 Å². The summed E-state index contributed by atoms with van der Waals surface area (Å²) in [5.74, 6) is -0.232. The zero-order valence-corrected chi connectivity index (χ0v) is 15.8. The molecule has 0 radical (unpaired) electrons. The molecular formula is C22H28FNO. The molecule has 25 heavy (non-hydrogen) atoms. The van der Waals surface area contributed by atoms with Crippen LogP contribution in [-0.4, -0.2) is 30.8 Å². The summed E-state index contributed by atoms with van der Waals surface area (Å²) in [6, 6.07) is 14.7. The number of Topliss-reactive ketones (excluding diaryl/α,β-unsaturated/α-hetero) is 1. The van der Waals surface area contributed by atoms with Crippen LogP contribution >= 0.6 is 0 Å². The Bertz CT molecular complexity index is 726. The van der Waals surface area contributed by atoms with Crippen LogP contribution in [0.4, 0.5) is 4.39 Å². The van der Waals surface area contributed by atoms with Gasteiger partial charge in [-0.1, -0.05) is 37.3 Å². The van der Waals surface area contributed by atoms with Crippen LogP contribution in [0.3, 0.4) is 0 Å². The van der Waals surface area contributed by atoms with Gasteiger partial charge in [-0.25, -0.2) is 4.39 Å². The predicted molar refractivity (Wildman–Crippen MR) is 102 cm³/mol. The van der Waals surface area contributed by atoms with Crippen molar-refractivity contribution in [3.05, 3.63) is 71.0 Å². The fourth-order valence-electron chi connectivity index (χ4n) is 3.43. The molecular weight excluding hydrogens is 313 g/mol. The van der Waals surface area contributed by atoms with E-state index in [1.807, 2.05) is 44.4 Å². The summed E-state index contributed by atoms with van der Waals surface area (Å²) in [6.07, 6.45) is 1.42. The number of halogens is 1. The van der Waals surface area contributed by atoms with Crippen LogP contribution < -0.4 is 0 Å². The Balaban J connectivity index is 2.58. The number of hydrogen-bond acceptors (Lipinski definition) is 2. The molecule has 0 amide bonds. The van der Waals surface area contributed by atoms with E-state index in [1.54, 1.807) is 13.0 Å². The normalized spacial score (nSPS) is 15.0. The molecule has 0 saturated carbocycles. The van der Waals surface area contributed by atoms with Crippen LogP contribution in [0.1, 0.15) is 48.2 Å². The van der Waals surface area contributed by atoms with Crippen LogP contribution in [0.2, 0.25) is 0 Å². The van der Waals surface area contributed by atoms with Crippen LogP contribution in [-0.2, 0) is 5.41 Å². The smallest absolute Gasteiger partial charge is 0.173 e. The molecule has 0 bridgehead atoms. The number of hydrogen-bond donors (Lipinski definition) is 0. The van der Waals surface area contributed by atoms with Gasteiger partial charge in [0.25, 0.3) is 0 Å². The Morgan fingerprint density at radius 2 is 1.80 bits per heavy atom. The Kier molecular flexibility index (Phi) is 6.12. The topological polar surface area (TPSA) is 20.3 Å². The number of nitrogens with zero attached hydrogens (tertiary/aromatic N) is 1. The summed E-state index contributed by atoms with van der Waals surface area (Å²) in [5.41, 5.74) is 1.71. The number of carbonyl (C=O) groups is 1. The third-order valence-electron chi connectivity index (χ3n) is 5.32. The molecule has 0 saturated heterocycles. The first kappa shape index (κ1) is 19.3. The van der Waals surface area contributed by atoms with Crippen LogP contribution in [0.25, 0.3) is 0 Å². The highest BCUT2D eigenvalue weighted by molar-refractivity contribution is 6.05. The van der Waals surface area contributed by atoms with Gasteiger partial charge in [-0.2, -0.15) is 0 Å². The van der Waals surface area contributed by atoms with Gasteiger partial charge in [0, 0.05) is 11.6 Å². The summed E-state index contributed by atoms with van der Waals surface area (Å²) in [6.45, 7) is 6.00. The average molecular weight is 341 g/mol. The quantitative estimate of drug-likeness (QED) is 0.660. The zero-order chi connectivity index (χ0) is 18.6. The van der Waals surface area contributed by atoms with E-state index in [0.29, 0.717) is 17.5 Å². The van der Waals surface area contributed by atoms with Crippen molar-refractivity contribution < 1.29 is 9.18 Å². The van der Waals surface area contributed by atoms with E-state index in [2.05, 4.69) is 18.7 Å². The molecule has 134 valence electrons. The molecule has 0 aromatic heterocycles. The second-order valence-electron chi connectivity index (χ2n) is 7.11. The second kappa shape index (κ2) is 7.92. The number of benzene rings is 2. The van der Waals surface area contributed by atoms with Gasteiger partial charge in [0.1, 0.15) is 5.82 Å². The molecule has 0 fully saturated rings. The standard InChI is InChI=1S/C22H28FNO/c1-6-22(15-17(3)24(4)5,18-10-8-7-9-11-18)21(25)20-13-12-19(23)14-16(20)2/h7-14,17H,6,15H2,1-5H3/t17-,22?/m0/s1. The average Bonchev–Trinajstić information content (AvgIpc) is 2.59. The van der Waals surface area contributed by atoms with E-state index in [-0.39, 0.29) is 17.6 Å². The molecule has 2 nitrogen and oxygen atoms in total. The van der Waals surface area contributed by atoms with Gasteiger partial charge in [0.2, 0.25) is 0 Å². The molecule has 0 heterocycles. The van der Waals surface area contributed by atoms with Gasteiger partial charge in [0.15, 0.2) is 5.78 Å². The maximum absolute atomic E-state index is 13.6. The predicted octanol–water partition coefficient (Wildman–Crippen LogP) is 5.01. The lowest BCUT2D eigenvalue weighted by atomic mass is 9.68. The summed E-state index contributed by atoms with van der Waals surface area (Å²) in [4.78, 5) is 15.8. The molecule has 0 spiro atoms. The number of ketones is 1. The van der Waals surface area contributed by atoms with Gasteiger partial charge >= 0.3 is 0 Å². The lowest BCUT2D eigenvalue weighted by Gasteiger charge is -2.36. The zero-order valence-electron chi connectivity index (χ0n) is 15.8. The van der Waals surface area contributed by atoms with Crippen molar-refractivity contribution in [1.29, 1.82) is 0 Å². The van der Waals surface area contributed by atoms with Crippen molar-refractivity contribution in [2.45, 2.75) is 45.1 Å². The van der Waals surface area contributed by atoms with E-state index in [9.17, 15) is 9.18 Å². The second-order valence-corrected chi connectivity index (χ2v) is 7.11. The highest BCUT2D eigenvalue weighted by Gasteiger charge is 2.40. The minimum absolute atomic E-state index is 0.0763. The van der Waals surface area contributed by atoms with Gasteiger partial charge in [0.05, 0.1) is 5.41 Å². The summed E-state index contributed by atoms with van der Waals surface area (Å²) in [5, 5.41) is 0. The molecule has 2 atom stereocenters. The highest BCUT2D eigenvalue weighted by Crippen LogP contribution is 2.38. The Morgan fingerprint density at radius 3 is 2.32 bits per heavy atom. The summed E-state index contributed by atoms with van der Waals surface area (Å²) < 4.78 is 13.5. The van der Waals surface area contributed by atoms with Gasteiger partial charge in [-0.3, -0.25) is 4.79 Å². The SMILES string of the molecule is CCC(C[C@H](C)N(C)C)(C(=O)c1ccc(F)cc1C)c1ccccc1. The summed E-state index contributed by atoms with van der Waals surface area (Å²) in [7, 11) is 4.06. The molecule has 0 aliphatic heterocycles. The van der Waals surface area contributed by atoms with Crippen molar-refractivity contribution in [2.75, 3.05) is 14.1 Å². The van der Waals surface area contributed by atoms with E-state index < -0.39 is 5.41 Å². The van der Waals surface area contributed by atoms with Crippen LogP contribution in [0, 0.1) is 12.7 Å². The first-order valence-corrected chi connectivity index (χ1v) is 8.84. The lowest BCUT2D eigenvalue weighted by molar-refractivity contribution is 0.0838. The largest absolute Gasteiger partial charge is 0.307 e. The fraction of sp³-hybridized carbons (Fsp3) is 0.409. The number of carbonyl (C=O) groups excluding carboxylic acids is 1. The monoisotopic (exact) mass is 341 g/mol. The maximum Gasteiger partial charge on any atom is 0.173 e. The summed E-state index contributed by atoms with van der Waals surface area (Å²) >= 11 is 0. The van der Waals surface area contributed by atoms with Crippen LogP contribution in [0.15, 0.2) is 48.5 Å². The van der Waals surface area contributed by atoms with Crippen molar-refractivity contribution in [2.24, 2.45) is 0 Å². The maximum atomic E-state index is 13.6. The van der Waals surface area contributed by atoms with E-state index >= 15 is 0 Å². The minimum atomic E-state index is -0.618. The molecule has 0 aliphatic carbocycles. The van der Waals surface area contributed by atoms with Crippen molar-refractivity contribution >= 4 is 5.78 Å². The van der Waals surface area contributed by atoms with Gasteiger partial charge < -0.3 is 4.90 Å². The van der Waals surface area contributed by atoms with E-state index in [1.165, 1.54) is 12.1 Å². The molecule has 1 unspecified atom stereocenters. The van der Waals surface area contributed by atoms with Crippen molar-refractivity contribution in [3.63, 3.8) is 0 Å². The molecule has 2 aromatic carbocycles. The molecule has 3 heteroatoms. The Labute approximate surface area is 150 Å². The van der Waals surface area contributed by atoms with E-state index in [0.717, 1.165) is 12.0 Å². The highest BCUT2D eigenvalue weighted by atomic mass is 19.1. The van der Waals surface area contributed by atoms with Crippen molar-refractivity contribution in [3.8, 4) is 0 Å². The molecule has 2 rings (SSSR count). The third-order valence-corrected chi connectivity index (χ3v) is 5.32. The lowest BCUT2D eigenvalue weighted by Crippen LogP contribution is -2.42. The van der Waals surface area contributed by atoms with Gasteiger partial charge in [-0.15, -0.1) is 0 Å². The number of aryl methyl sites for hydroxylation is 1. The first-order chi connectivity index (χ1) is 11.8. The van der Waals surface area contributed by atoms with E-state index in [4.69, 9.17) is 0 Å². The minimum Gasteiger partial charge on any atom is -0.307 e. The van der Waals surface area contributed by atoms with Gasteiger partial charge in [-0.05, 0) is 70.1 Å².